The number of carboxylic acids is 3. The van der Waals surface area contributed by atoms with Gasteiger partial charge in [0.15, 0.2) is 0 Å². The number of hydrogen-bond donors (Lipinski definition) is 3. The van der Waals surface area contributed by atoms with Crippen LogP contribution in [0.2, 0.25) is 0 Å². The maximum absolute atomic E-state index is 12.1. The minimum absolute atomic E-state index is 0. The third-order valence-electron chi connectivity index (χ3n) is 7.53. The number of carbonyl (C=O) groups excluding carboxylic acids is 2. The third kappa shape index (κ3) is 26.7. The van der Waals surface area contributed by atoms with Crippen molar-refractivity contribution in [2.75, 3.05) is 6.61 Å². The minimum atomic E-state index is -3.66. The first kappa shape index (κ1) is 53.3. The summed E-state index contributed by atoms with van der Waals surface area (Å²) in [5.41, 5.74) is 0. The molecule has 3 N–H and O–H groups in total. The Morgan fingerprint density at radius 1 is 0.640 bits per heavy atom. The van der Waals surface area contributed by atoms with Crippen molar-refractivity contribution in [2.45, 2.75) is 147 Å². The van der Waals surface area contributed by atoms with Crippen molar-refractivity contribution in [3.05, 3.63) is 42.5 Å². The van der Waals surface area contributed by atoms with E-state index in [4.69, 9.17) is 19.5 Å². The number of hydrogen-bond acceptors (Lipinski definition) is 10. The van der Waals surface area contributed by atoms with Gasteiger partial charge in [-0.1, -0.05) is 147 Å². The van der Waals surface area contributed by atoms with Gasteiger partial charge in [0.2, 0.25) is 0 Å². The van der Waals surface area contributed by atoms with Crippen LogP contribution in [0.5, 0.6) is 0 Å². The Hall–Kier alpha value is -1.06. The molecular formula is C36H56Na2O11S. The Balaban J connectivity index is -0.000000682. The van der Waals surface area contributed by atoms with E-state index in [0.717, 1.165) is 31.1 Å². The van der Waals surface area contributed by atoms with Crippen LogP contribution in [0, 0.1) is 0 Å². The number of rotatable bonds is 24. The molecule has 0 aliphatic heterocycles. The average molecular weight is 743 g/mol. The molecule has 274 valence electrons. The molecule has 2 atom stereocenters. The summed E-state index contributed by atoms with van der Waals surface area (Å²) in [5, 5.41) is 45.9. The Labute approximate surface area is 343 Å². The molecule has 0 aliphatic rings. The molecule has 50 heavy (non-hydrogen) atoms. The molecule has 2 rings (SSSR count). The first-order valence-corrected chi connectivity index (χ1v) is 18.7. The fourth-order valence-corrected chi connectivity index (χ4v) is 5.86. The van der Waals surface area contributed by atoms with Crippen LogP contribution < -0.4 is 69.3 Å². The van der Waals surface area contributed by atoms with Crippen LogP contribution in [-0.2, 0) is 28.7 Å². The van der Waals surface area contributed by atoms with Crippen LogP contribution in [-0.4, -0.2) is 60.5 Å². The number of carbonyl (C=O) groups is 3. The van der Waals surface area contributed by atoms with Crippen LogP contribution in [0.3, 0.4) is 0 Å². The largest absolute Gasteiger partial charge is 1.00 e. The van der Waals surface area contributed by atoms with Crippen molar-refractivity contribution in [3.8, 4) is 0 Å². The molecule has 0 aromatic heterocycles. The summed E-state index contributed by atoms with van der Waals surface area (Å²) in [7, 11) is -3.66. The number of fused-ring (bicyclic) bond motifs is 1. The number of aliphatic carboxylic acids is 3. The summed E-state index contributed by atoms with van der Waals surface area (Å²) < 4.78 is 29.2. The zero-order valence-corrected chi connectivity index (χ0v) is 35.5. The van der Waals surface area contributed by atoms with E-state index in [9.17, 15) is 33.0 Å². The van der Waals surface area contributed by atoms with E-state index in [1.165, 1.54) is 83.5 Å². The maximum atomic E-state index is 12.1. The van der Waals surface area contributed by atoms with Crippen molar-refractivity contribution in [1.82, 2.24) is 0 Å². The summed E-state index contributed by atoms with van der Waals surface area (Å²) in [5.74, 6) is -4.77. The fraction of sp³-hybridized carbons (Fsp3) is 0.639. The average Bonchev–Trinajstić information content (AvgIpc) is 3.06. The maximum Gasteiger partial charge on any atom is 1.00 e. The SMILES string of the molecule is CCCCCCCCCCCCCCCCCC(=O)O.CCCCOS(=O)(=O)c1cccc2ccccc12.O=C([O-])C(O)C(O)C(=O)[O-].[Na+].[Na+]. The Morgan fingerprint density at radius 2 is 1.04 bits per heavy atom. The molecule has 2 aromatic rings. The van der Waals surface area contributed by atoms with Crippen LogP contribution in [0.4, 0.5) is 0 Å². The van der Waals surface area contributed by atoms with E-state index < -0.39 is 40.2 Å². The van der Waals surface area contributed by atoms with E-state index in [-0.39, 0.29) is 70.6 Å². The Kier molecular flexibility index (Phi) is 36.0. The molecule has 0 saturated heterocycles. The number of benzene rings is 2. The van der Waals surface area contributed by atoms with Gasteiger partial charge in [-0.15, -0.1) is 0 Å². The van der Waals surface area contributed by atoms with Gasteiger partial charge in [-0.05, 0) is 24.3 Å². The van der Waals surface area contributed by atoms with Crippen molar-refractivity contribution in [3.63, 3.8) is 0 Å². The predicted molar refractivity (Wildman–Crippen MR) is 181 cm³/mol. The molecule has 0 bridgehead atoms. The monoisotopic (exact) mass is 742 g/mol. The van der Waals surface area contributed by atoms with Crippen molar-refractivity contribution < 1.29 is 112 Å². The van der Waals surface area contributed by atoms with E-state index in [0.29, 0.717) is 11.8 Å². The van der Waals surface area contributed by atoms with E-state index in [1.54, 1.807) is 18.2 Å². The van der Waals surface area contributed by atoms with Gasteiger partial charge in [0.05, 0.1) is 18.5 Å². The predicted octanol–water partition coefficient (Wildman–Crippen LogP) is -1.11. The van der Waals surface area contributed by atoms with Crippen LogP contribution >= 0.6 is 0 Å². The van der Waals surface area contributed by atoms with Gasteiger partial charge >= 0.3 is 65.1 Å². The molecule has 0 amide bonds. The van der Waals surface area contributed by atoms with Gasteiger partial charge < -0.3 is 35.1 Å². The van der Waals surface area contributed by atoms with Gasteiger partial charge in [0, 0.05) is 11.8 Å². The van der Waals surface area contributed by atoms with Gasteiger partial charge in [-0.2, -0.15) is 8.42 Å². The summed E-state index contributed by atoms with van der Waals surface area (Å²) in [6.07, 6.45) is 17.0. The molecule has 0 radical (unpaired) electrons. The number of aliphatic hydroxyl groups is 2. The van der Waals surface area contributed by atoms with E-state index in [1.807, 2.05) is 31.2 Å². The van der Waals surface area contributed by atoms with Crippen LogP contribution in [0.25, 0.3) is 10.8 Å². The van der Waals surface area contributed by atoms with Gasteiger partial charge in [-0.3, -0.25) is 8.98 Å². The second-order valence-electron chi connectivity index (χ2n) is 11.7. The first-order valence-electron chi connectivity index (χ1n) is 17.3. The van der Waals surface area contributed by atoms with E-state index >= 15 is 0 Å². The van der Waals surface area contributed by atoms with Crippen molar-refractivity contribution in [1.29, 1.82) is 0 Å². The molecular weight excluding hydrogens is 686 g/mol. The molecule has 0 spiro atoms. The topological polar surface area (TPSA) is 201 Å². The third-order valence-corrected chi connectivity index (χ3v) is 8.90. The first-order chi connectivity index (χ1) is 22.9. The molecule has 0 saturated carbocycles. The Bertz CT molecular complexity index is 1250. The molecule has 0 heterocycles. The zero-order chi connectivity index (χ0) is 36.2. The number of carboxylic acid groups (broad SMARTS) is 3. The number of unbranched alkanes of at least 4 members (excludes halogenated alkanes) is 15. The van der Waals surface area contributed by atoms with Crippen molar-refractivity contribution >= 4 is 38.8 Å². The summed E-state index contributed by atoms with van der Waals surface area (Å²) >= 11 is 0. The smallest absolute Gasteiger partial charge is 0.547 e. The van der Waals surface area contributed by atoms with Crippen LogP contribution in [0.1, 0.15) is 129 Å². The van der Waals surface area contributed by atoms with E-state index in [2.05, 4.69) is 6.92 Å². The molecule has 2 aromatic carbocycles. The van der Waals surface area contributed by atoms with Crippen molar-refractivity contribution in [2.24, 2.45) is 0 Å². The molecule has 14 heteroatoms. The zero-order valence-electron chi connectivity index (χ0n) is 30.6. The molecule has 11 nitrogen and oxygen atoms in total. The number of aliphatic hydroxyl groups excluding tert-OH is 2. The van der Waals surface area contributed by atoms with Gasteiger partial charge in [-0.25, -0.2) is 0 Å². The summed E-state index contributed by atoms with van der Waals surface area (Å²) in [6, 6.07) is 12.6. The molecule has 2 unspecified atom stereocenters. The summed E-state index contributed by atoms with van der Waals surface area (Å²) in [4.78, 5) is 29.8. The second kappa shape index (κ2) is 33.8. The molecule has 0 fully saturated rings. The quantitative estimate of drug-likeness (QED) is 0.0670. The fourth-order valence-electron chi connectivity index (χ4n) is 4.70. The Morgan fingerprint density at radius 3 is 1.46 bits per heavy atom. The second-order valence-corrected chi connectivity index (χ2v) is 13.3. The minimum Gasteiger partial charge on any atom is -0.547 e. The van der Waals surface area contributed by atoms with Gasteiger partial charge in [0.1, 0.15) is 17.1 Å². The summed E-state index contributed by atoms with van der Waals surface area (Å²) in [6.45, 7) is 4.50. The standard InChI is InChI=1S/C18H36O2.C14H16O3S.C4H6O6.2Na/c1-2-3-4-5-6-7-8-9-10-11-12-13-14-15-16-17-18(19)20;1-2-3-11-17-18(15,16)14-10-6-8-12-7-4-5-9-13(12)14;5-1(3(7)8)2(6)4(9)10;;/h2-17H2,1H3,(H,19,20);4-10H,2-3,11H2,1H3;1-2,5-6H,(H,7,8)(H,9,10);;/q;;;2*+1/p-2. The van der Waals surface area contributed by atoms with Gasteiger partial charge in [0.25, 0.3) is 10.1 Å². The van der Waals surface area contributed by atoms with Crippen LogP contribution in [0.15, 0.2) is 47.4 Å². The normalized spacial score (nSPS) is 11.8. The molecule has 0 aliphatic carbocycles.